The predicted molar refractivity (Wildman–Crippen MR) is 82.2 cm³/mol. The molecule has 94 valence electrons. The van der Waals surface area contributed by atoms with Crippen molar-refractivity contribution in [1.29, 1.82) is 0 Å². The maximum absolute atomic E-state index is 5.90. The molecule has 2 rings (SSSR count). The molecule has 0 aliphatic rings. The van der Waals surface area contributed by atoms with Gasteiger partial charge in [-0.25, -0.2) is 0 Å². The molecule has 0 amide bonds. The smallest absolute Gasteiger partial charge is 0.124 e. The summed E-state index contributed by atoms with van der Waals surface area (Å²) >= 11 is 12.8. The van der Waals surface area contributed by atoms with Crippen molar-refractivity contribution < 1.29 is 4.74 Å². The van der Waals surface area contributed by atoms with Crippen LogP contribution in [0.15, 0.2) is 51.4 Å². The van der Waals surface area contributed by atoms with Crippen LogP contribution in [0.3, 0.4) is 0 Å². The van der Waals surface area contributed by atoms with Crippen molar-refractivity contribution in [2.24, 2.45) is 0 Å². The van der Waals surface area contributed by atoms with Crippen LogP contribution in [-0.4, -0.2) is 0 Å². The Morgan fingerprint density at radius 1 is 1.00 bits per heavy atom. The van der Waals surface area contributed by atoms with Gasteiger partial charge in [0, 0.05) is 14.5 Å². The molecule has 2 aromatic carbocycles. The molecule has 0 fully saturated rings. The van der Waals surface area contributed by atoms with Crippen molar-refractivity contribution in [3.05, 3.63) is 62.5 Å². The Balaban J connectivity index is 2.10. The van der Waals surface area contributed by atoms with Gasteiger partial charge in [-0.2, -0.15) is 0 Å². The first kappa shape index (κ1) is 13.9. The van der Waals surface area contributed by atoms with Gasteiger partial charge in [0.25, 0.3) is 0 Å². The maximum Gasteiger partial charge on any atom is 0.124 e. The summed E-state index contributed by atoms with van der Waals surface area (Å²) in [5.74, 6) is 1.26. The average molecular weight is 391 g/mol. The normalized spacial score (nSPS) is 10.4. The summed E-state index contributed by atoms with van der Waals surface area (Å²) in [6.45, 7) is 0.533. The van der Waals surface area contributed by atoms with Crippen LogP contribution in [0.5, 0.6) is 5.75 Å². The average Bonchev–Trinajstić information content (AvgIpc) is 2.37. The minimum atomic E-state index is 0.438. The predicted octanol–water partition coefficient (Wildman–Crippen LogP) is 5.53. The minimum absolute atomic E-state index is 0.438. The number of halogens is 3. The Hall–Kier alpha value is -0.510. The molecule has 0 heterocycles. The lowest BCUT2D eigenvalue weighted by Gasteiger charge is -2.10. The van der Waals surface area contributed by atoms with E-state index in [-0.39, 0.29) is 0 Å². The molecule has 1 nitrogen and oxygen atoms in total. The first-order valence-electron chi connectivity index (χ1n) is 5.40. The molecule has 0 aliphatic carbocycles. The van der Waals surface area contributed by atoms with Gasteiger partial charge >= 0.3 is 0 Å². The van der Waals surface area contributed by atoms with Crippen molar-refractivity contribution >= 4 is 43.5 Å². The zero-order valence-electron chi connectivity index (χ0n) is 9.50. The Kier molecular flexibility index (Phi) is 5.10. The summed E-state index contributed by atoms with van der Waals surface area (Å²) in [5.41, 5.74) is 2.11. The minimum Gasteiger partial charge on any atom is -0.489 e. The van der Waals surface area contributed by atoms with Crippen molar-refractivity contribution in [2.75, 3.05) is 0 Å². The number of hydrogen-bond donors (Lipinski definition) is 0. The van der Waals surface area contributed by atoms with Crippen molar-refractivity contribution in [3.63, 3.8) is 0 Å². The van der Waals surface area contributed by atoms with Gasteiger partial charge in [0.15, 0.2) is 0 Å². The van der Waals surface area contributed by atoms with Gasteiger partial charge in [-0.1, -0.05) is 44.0 Å². The van der Waals surface area contributed by atoms with E-state index in [1.54, 1.807) is 0 Å². The molecule has 0 unspecified atom stereocenters. The molecule has 0 saturated carbocycles. The topological polar surface area (TPSA) is 9.23 Å². The second kappa shape index (κ2) is 6.60. The van der Waals surface area contributed by atoms with Crippen LogP contribution in [0.25, 0.3) is 0 Å². The third kappa shape index (κ3) is 3.74. The van der Waals surface area contributed by atoms with Crippen molar-refractivity contribution in [2.45, 2.75) is 12.5 Å². The number of alkyl halides is 1. The first-order valence-corrected chi connectivity index (χ1v) is 7.53. The molecule has 2 aromatic rings. The fourth-order valence-electron chi connectivity index (χ4n) is 1.58. The van der Waals surface area contributed by atoms with Crippen LogP contribution in [-0.2, 0) is 12.5 Å². The largest absolute Gasteiger partial charge is 0.489 e. The first-order chi connectivity index (χ1) is 8.69. The molecule has 0 atom stereocenters. The van der Waals surface area contributed by atoms with E-state index in [4.69, 9.17) is 16.3 Å². The molecular formula is C14H11Br2ClO. The zero-order chi connectivity index (χ0) is 13.0. The lowest BCUT2D eigenvalue weighted by atomic mass is 10.2. The maximum atomic E-state index is 5.90. The fourth-order valence-corrected chi connectivity index (χ4v) is 2.65. The number of ether oxygens (including phenoxy) is 1. The number of benzene rings is 2. The third-order valence-electron chi connectivity index (χ3n) is 2.45. The van der Waals surface area contributed by atoms with E-state index < -0.39 is 0 Å². The fraction of sp³-hybridized carbons (Fsp3) is 0.143. The van der Waals surface area contributed by atoms with E-state index in [1.165, 1.54) is 0 Å². The monoisotopic (exact) mass is 388 g/mol. The Bertz CT molecular complexity index is 543. The lowest BCUT2D eigenvalue weighted by Crippen LogP contribution is -1.97. The lowest BCUT2D eigenvalue weighted by molar-refractivity contribution is 0.303. The second-order valence-electron chi connectivity index (χ2n) is 3.80. The second-order valence-corrected chi connectivity index (χ2v) is 5.90. The van der Waals surface area contributed by atoms with E-state index in [9.17, 15) is 0 Å². The molecule has 4 heteroatoms. The highest BCUT2D eigenvalue weighted by Gasteiger charge is 2.04. The van der Waals surface area contributed by atoms with Gasteiger partial charge in [-0.3, -0.25) is 0 Å². The number of rotatable bonds is 4. The van der Waals surface area contributed by atoms with E-state index in [0.29, 0.717) is 12.5 Å². The molecule has 0 spiro atoms. The molecule has 0 aromatic heterocycles. The molecule has 0 aliphatic heterocycles. The van der Waals surface area contributed by atoms with Crippen LogP contribution >= 0.6 is 43.5 Å². The molecule has 0 bridgehead atoms. The van der Waals surface area contributed by atoms with Crippen molar-refractivity contribution in [1.82, 2.24) is 0 Å². The Morgan fingerprint density at radius 3 is 2.50 bits per heavy atom. The molecule has 0 saturated heterocycles. The molecule has 0 N–H and O–H groups in total. The summed E-state index contributed by atoms with van der Waals surface area (Å²) in [6, 6.07) is 13.9. The SMILES string of the molecule is ClCc1cc(Br)ccc1OCc1cccc(Br)c1. The van der Waals surface area contributed by atoms with E-state index >= 15 is 0 Å². The summed E-state index contributed by atoms with van der Waals surface area (Å²) in [4.78, 5) is 0. The van der Waals surface area contributed by atoms with Gasteiger partial charge in [0.05, 0.1) is 5.88 Å². The van der Waals surface area contributed by atoms with Gasteiger partial charge in [-0.05, 0) is 35.9 Å². The van der Waals surface area contributed by atoms with E-state index in [1.807, 2.05) is 42.5 Å². The van der Waals surface area contributed by atoms with Crippen LogP contribution in [0.4, 0.5) is 0 Å². The van der Waals surface area contributed by atoms with Crippen molar-refractivity contribution in [3.8, 4) is 5.75 Å². The summed E-state index contributed by atoms with van der Waals surface area (Å²) in [6.07, 6.45) is 0. The standard InChI is InChI=1S/C14H11Br2ClO/c15-12-3-1-2-10(6-12)9-18-14-5-4-13(16)7-11(14)8-17/h1-7H,8-9H2. The van der Waals surface area contributed by atoms with Gasteiger partial charge in [-0.15, -0.1) is 11.6 Å². The summed E-state index contributed by atoms with van der Waals surface area (Å²) < 4.78 is 7.86. The molecule has 18 heavy (non-hydrogen) atoms. The quantitative estimate of drug-likeness (QED) is 0.624. The highest BCUT2D eigenvalue weighted by Crippen LogP contribution is 2.25. The van der Waals surface area contributed by atoms with E-state index in [0.717, 1.165) is 25.8 Å². The Morgan fingerprint density at radius 2 is 1.78 bits per heavy atom. The molecule has 0 radical (unpaired) electrons. The van der Waals surface area contributed by atoms with Crippen LogP contribution in [0, 0.1) is 0 Å². The summed E-state index contributed by atoms with van der Waals surface area (Å²) in [5, 5.41) is 0. The van der Waals surface area contributed by atoms with Gasteiger partial charge in [0.1, 0.15) is 12.4 Å². The molecular weight excluding hydrogens is 379 g/mol. The summed E-state index contributed by atoms with van der Waals surface area (Å²) in [7, 11) is 0. The highest BCUT2D eigenvalue weighted by molar-refractivity contribution is 9.10. The van der Waals surface area contributed by atoms with E-state index in [2.05, 4.69) is 31.9 Å². The van der Waals surface area contributed by atoms with Crippen LogP contribution < -0.4 is 4.74 Å². The van der Waals surface area contributed by atoms with Gasteiger partial charge < -0.3 is 4.74 Å². The van der Waals surface area contributed by atoms with Crippen LogP contribution in [0.2, 0.25) is 0 Å². The zero-order valence-corrected chi connectivity index (χ0v) is 13.4. The van der Waals surface area contributed by atoms with Crippen LogP contribution in [0.1, 0.15) is 11.1 Å². The number of hydrogen-bond acceptors (Lipinski definition) is 1. The van der Waals surface area contributed by atoms with Gasteiger partial charge in [0.2, 0.25) is 0 Å². The third-order valence-corrected chi connectivity index (χ3v) is 3.72. The highest BCUT2D eigenvalue weighted by atomic mass is 79.9. The Labute approximate surface area is 128 Å².